The van der Waals surface area contributed by atoms with Crippen LogP contribution in [0.15, 0.2) is 77.6 Å². The molecule has 41 heavy (non-hydrogen) atoms. The van der Waals surface area contributed by atoms with Crippen LogP contribution in [0.3, 0.4) is 0 Å². The van der Waals surface area contributed by atoms with Gasteiger partial charge >= 0.3 is 0 Å². The lowest BCUT2D eigenvalue weighted by Crippen LogP contribution is -2.35. The zero-order valence-corrected chi connectivity index (χ0v) is 23.3. The van der Waals surface area contributed by atoms with Crippen molar-refractivity contribution in [2.75, 3.05) is 13.9 Å². The van der Waals surface area contributed by atoms with E-state index in [9.17, 15) is 4.79 Å². The summed E-state index contributed by atoms with van der Waals surface area (Å²) < 4.78 is 18.2. The number of H-pyrrole nitrogens is 1. The van der Waals surface area contributed by atoms with Crippen molar-refractivity contribution in [3.63, 3.8) is 0 Å². The standard InChI is InChI=1S/C31H32N6O4/c1-20(2)29(30-33-34-35-37(30)17-22-9-11-25(39-3)12-10-22)36(16-21-7-5-4-6-8-21)18-24-13-23-14-27-28(41-19-40-27)15-26(23)32-31(24)38/h4-15,20,29H,16-19H2,1-3H3,(H,32,38)/t29-/m0/s1. The Balaban J connectivity index is 1.37. The van der Waals surface area contributed by atoms with Crippen LogP contribution in [-0.2, 0) is 19.6 Å². The highest BCUT2D eigenvalue weighted by Crippen LogP contribution is 2.36. The van der Waals surface area contributed by atoms with E-state index >= 15 is 0 Å². The van der Waals surface area contributed by atoms with E-state index in [0.29, 0.717) is 42.2 Å². The Bertz CT molecular complexity index is 1700. The van der Waals surface area contributed by atoms with Crippen LogP contribution in [0.5, 0.6) is 17.2 Å². The molecule has 0 saturated carbocycles. The minimum absolute atomic E-state index is 0.144. The van der Waals surface area contributed by atoms with Crippen molar-refractivity contribution in [1.82, 2.24) is 30.1 Å². The molecule has 3 aromatic carbocycles. The summed E-state index contributed by atoms with van der Waals surface area (Å²) in [5.41, 5.74) is 3.40. The highest BCUT2D eigenvalue weighted by atomic mass is 16.7. The van der Waals surface area contributed by atoms with Gasteiger partial charge in [-0.3, -0.25) is 9.69 Å². The molecular weight excluding hydrogens is 520 g/mol. The molecule has 10 nitrogen and oxygen atoms in total. The molecule has 0 unspecified atom stereocenters. The van der Waals surface area contributed by atoms with Crippen LogP contribution in [0.1, 0.15) is 42.4 Å². The second-order valence-electron chi connectivity index (χ2n) is 10.5. The summed E-state index contributed by atoms with van der Waals surface area (Å²) in [6.07, 6.45) is 0. The molecule has 2 aromatic heterocycles. The van der Waals surface area contributed by atoms with Gasteiger partial charge in [-0.1, -0.05) is 56.3 Å². The van der Waals surface area contributed by atoms with Gasteiger partial charge in [0.05, 0.1) is 25.2 Å². The summed E-state index contributed by atoms with van der Waals surface area (Å²) in [4.78, 5) is 18.7. The van der Waals surface area contributed by atoms with Gasteiger partial charge in [0.2, 0.25) is 6.79 Å². The predicted octanol–water partition coefficient (Wildman–Crippen LogP) is 4.70. The van der Waals surface area contributed by atoms with E-state index in [1.54, 1.807) is 7.11 Å². The molecule has 1 N–H and O–H groups in total. The maximum absolute atomic E-state index is 13.4. The lowest BCUT2D eigenvalue weighted by atomic mass is 9.99. The second kappa shape index (κ2) is 11.4. The molecule has 6 rings (SSSR count). The number of benzene rings is 3. The Kier molecular flexibility index (Phi) is 7.39. The molecule has 0 fully saturated rings. The first-order valence-corrected chi connectivity index (χ1v) is 13.6. The van der Waals surface area contributed by atoms with Crippen LogP contribution in [0, 0.1) is 5.92 Å². The van der Waals surface area contributed by atoms with Gasteiger partial charge in [0, 0.05) is 30.1 Å². The molecule has 0 bridgehead atoms. The molecule has 5 aromatic rings. The molecule has 10 heteroatoms. The Morgan fingerprint density at radius 3 is 2.46 bits per heavy atom. The van der Waals surface area contributed by atoms with Crippen molar-refractivity contribution in [2.45, 2.75) is 39.5 Å². The van der Waals surface area contributed by atoms with Crippen LogP contribution in [0.25, 0.3) is 10.9 Å². The van der Waals surface area contributed by atoms with E-state index in [1.165, 1.54) is 0 Å². The number of nitrogens with one attached hydrogen (secondary N) is 1. The lowest BCUT2D eigenvalue weighted by Gasteiger charge is -2.33. The summed E-state index contributed by atoms with van der Waals surface area (Å²) >= 11 is 0. The van der Waals surface area contributed by atoms with Gasteiger partial charge in [0.25, 0.3) is 5.56 Å². The quantitative estimate of drug-likeness (QED) is 0.266. The fourth-order valence-electron chi connectivity index (χ4n) is 5.37. The summed E-state index contributed by atoms with van der Waals surface area (Å²) in [7, 11) is 1.65. The zero-order chi connectivity index (χ0) is 28.3. The predicted molar refractivity (Wildman–Crippen MR) is 154 cm³/mol. The minimum Gasteiger partial charge on any atom is -0.497 e. The maximum Gasteiger partial charge on any atom is 0.252 e. The molecule has 0 aliphatic carbocycles. The van der Waals surface area contributed by atoms with E-state index in [-0.39, 0.29) is 24.3 Å². The van der Waals surface area contributed by atoms with Crippen molar-refractivity contribution in [1.29, 1.82) is 0 Å². The Hall–Kier alpha value is -4.70. The number of aromatic nitrogens is 5. The number of rotatable bonds is 10. The Labute approximate surface area is 237 Å². The van der Waals surface area contributed by atoms with Gasteiger partial charge in [0.1, 0.15) is 5.75 Å². The highest BCUT2D eigenvalue weighted by Gasteiger charge is 2.30. The Morgan fingerprint density at radius 1 is 0.976 bits per heavy atom. The van der Waals surface area contributed by atoms with Gasteiger partial charge < -0.3 is 19.2 Å². The van der Waals surface area contributed by atoms with E-state index in [1.807, 2.05) is 65.3 Å². The SMILES string of the molecule is COc1ccc(Cn2nnnc2[C@H](C(C)C)N(Cc2ccccc2)Cc2cc3cc4c(cc3[nH]c2=O)OCO4)cc1. The van der Waals surface area contributed by atoms with E-state index in [0.717, 1.165) is 28.1 Å². The van der Waals surface area contributed by atoms with Gasteiger partial charge in [0.15, 0.2) is 17.3 Å². The molecule has 0 radical (unpaired) electrons. The molecule has 0 spiro atoms. The zero-order valence-electron chi connectivity index (χ0n) is 23.3. The van der Waals surface area contributed by atoms with Crippen molar-refractivity contribution in [2.24, 2.45) is 5.92 Å². The summed E-state index contributed by atoms with van der Waals surface area (Å²) in [6.45, 7) is 6.00. The molecular formula is C31H32N6O4. The normalized spacial score (nSPS) is 13.3. The number of nitrogens with zero attached hydrogens (tertiary/aromatic N) is 5. The largest absolute Gasteiger partial charge is 0.497 e. The molecule has 210 valence electrons. The molecule has 0 saturated heterocycles. The topological polar surface area (TPSA) is 107 Å². The molecule has 3 heterocycles. The van der Waals surface area contributed by atoms with Gasteiger partial charge in [-0.2, -0.15) is 0 Å². The number of methoxy groups -OCH3 is 1. The number of pyridine rings is 1. The smallest absolute Gasteiger partial charge is 0.252 e. The number of aromatic amines is 1. The monoisotopic (exact) mass is 552 g/mol. The van der Waals surface area contributed by atoms with Crippen LogP contribution >= 0.6 is 0 Å². The second-order valence-corrected chi connectivity index (χ2v) is 10.5. The number of hydrogen-bond donors (Lipinski definition) is 1. The van der Waals surface area contributed by atoms with Crippen molar-refractivity contribution >= 4 is 10.9 Å². The van der Waals surface area contributed by atoms with E-state index in [4.69, 9.17) is 14.2 Å². The van der Waals surface area contributed by atoms with E-state index < -0.39 is 0 Å². The lowest BCUT2D eigenvalue weighted by molar-refractivity contribution is 0.126. The molecule has 1 aliphatic rings. The minimum atomic E-state index is -0.171. The fourth-order valence-corrected chi connectivity index (χ4v) is 5.37. The highest BCUT2D eigenvalue weighted by molar-refractivity contribution is 5.83. The average Bonchev–Trinajstić information content (AvgIpc) is 3.62. The first-order valence-electron chi connectivity index (χ1n) is 13.6. The fraction of sp³-hybridized carbons (Fsp3) is 0.290. The van der Waals surface area contributed by atoms with Crippen LogP contribution in [-0.4, -0.2) is 44.0 Å². The molecule has 0 amide bonds. The average molecular weight is 553 g/mol. The van der Waals surface area contributed by atoms with Gasteiger partial charge in [-0.15, -0.1) is 5.10 Å². The van der Waals surface area contributed by atoms with Gasteiger partial charge in [-0.05, 0) is 51.7 Å². The first-order chi connectivity index (χ1) is 20.0. The van der Waals surface area contributed by atoms with Crippen molar-refractivity contribution < 1.29 is 14.2 Å². The third-order valence-electron chi connectivity index (χ3n) is 7.36. The number of ether oxygens (including phenoxy) is 3. The van der Waals surface area contributed by atoms with Gasteiger partial charge in [-0.25, -0.2) is 4.68 Å². The van der Waals surface area contributed by atoms with Crippen LogP contribution < -0.4 is 19.8 Å². The number of tetrazole rings is 1. The third kappa shape index (κ3) is 5.64. The van der Waals surface area contributed by atoms with Crippen molar-refractivity contribution in [3.05, 3.63) is 106 Å². The first kappa shape index (κ1) is 26.5. The summed E-state index contributed by atoms with van der Waals surface area (Å²) in [5, 5.41) is 13.8. The van der Waals surface area contributed by atoms with Crippen LogP contribution in [0.4, 0.5) is 0 Å². The summed E-state index contributed by atoms with van der Waals surface area (Å²) in [6, 6.07) is 23.6. The number of hydrogen-bond acceptors (Lipinski definition) is 8. The summed E-state index contributed by atoms with van der Waals surface area (Å²) in [5.74, 6) is 2.99. The van der Waals surface area contributed by atoms with Crippen molar-refractivity contribution in [3.8, 4) is 17.2 Å². The molecule has 1 atom stereocenters. The number of fused-ring (bicyclic) bond motifs is 2. The third-order valence-corrected chi connectivity index (χ3v) is 7.36. The maximum atomic E-state index is 13.4. The Morgan fingerprint density at radius 2 is 1.73 bits per heavy atom. The molecule has 1 aliphatic heterocycles. The van der Waals surface area contributed by atoms with E-state index in [2.05, 4.69) is 51.4 Å². The van der Waals surface area contributed by atoms with Crippen LogP contribution in [0.2, 0.25) is 0 Å².